The molecule has 0 fully saturated rings. The molecule has 0 aliphatic carbocycles. The van der Waals surface area contributed by atoms with E-state index in [2.05, 4.69) is 5.32 Å². The van der Waals surface area contributed by atoms with Gasteiger partial charge in [-0.3, -0.25) is 14.4 Å². The highest BCUT2D eigenvalue weighted by Crippen LogP contribution is 2.13. The molecule has 2 amide bonds. The number of hydrogen-bond donors (Lipinski definition) is 4. The highest BCUT2D eigenvalue weighted by molar-refractivity contribution is 5.88. The SMILES string of the molecule is CC(C)C(=O)N[C@H](CC(N)C(=O)OCc1ccccc1)C(N)=O.O=C(O)C(F)(F)F. The van der Waals surface area contributed by atoms with Crippen LogP contribution in [-0.2, 0) is 30.5 Å². The number of carbonyl (C=O) groups excluding carboxylic acids is 3. The van der Waals surface area contributed by atoms with Gasteiger partial charge in [0.25, 0.3) is 0 Å². The zero-order chi connectivity index (χ0) is 23.5. The number of alkyl halides is 3. The van der Waals surface area contributed by atoms with E-state index in [1.54, 1.807) is 13.8 Å². The summed E-state index contributed by atoms with van der Waals surface area (Å²) in [7, 11) is 0. The average Bonchev–Trinajstić information content (AvgIpc) is 2.65. The van der Waals surface area contributed by atoms with Crippen molar-refractivity contribution in [3.63, 3.8) is 0 Å². The molecule has 0 aliphatic heterocycles. The molecular formula is C18H24F3N3O6. The van der Waals surface area contributed by atoms with Crippen molar-refractivity contribution in [3.8, 4) is 0 Å². The van der Waals surface area contributed by atoms with E-state index in [1.807, 2.05) is 30.3 Å². The first kappa shape index (κ1) is 26.9. The van der Waals surface area contributed by atoms with Gasteiger partial charge in [-0.15, -0.1) is 0 Å². The number of nitrogens with two attached hydrogens (primary N) is 2. The van der Waals surface area contributed by atoms with Crippen molar-refractivity contribution in [3.05, 3.63) is 35.9 Å². The molecule has 0 heterocycles. The minimum absolute atomic E-state index is 0.0902. The molecular weight excluding hydrogens is 411 g/mol. The minimum Gasteiger partial charge on any atom is -0.475 e. The molecule has 1 unspecified atom stereocenters. The zero-order valence-electron chi connectivity index (χ0n) is 16.3. The quantitative estimate of drug-likeness (QED) is 0.437. The number of aliphatic carboxylic acids is 1. The van der Waals surface area contributed by atoms with Crippen LogP contribution < -0.4 is 16.8 Å². The van der Waals surface area contributed by atoms with Crippen LogP contribution in [0.25, 0.3) is 0 Å². The number of hydrogen-bond acceptors (Lipinski definition) is 6. The summed E-state index contributed by atoms with van der Waals surface area (Å²) in [6, 6.07) is 7.07. The van der Waals surface area contributed by atoms with Crippen LogP contribution in [0.15, 0.2) is 30.3 Å². The van der Waals surface area contributed by atoms with Gasteiger partial charge in [-0.2, -0.15) is 13.2 Å². The van der Waals surface area contributed by atoms with Crippen molar-refractivity contribution in [1.29, 1.82) is 0 Å². The highest BCUT2D eigenvalue weighted by Gasteiger charge is 2.38. The van der Waals surface area contributed by atoms with E-state index >= 15 is 0 Å². The van der Waals surface area contributed by atoms with Crippen LogP contribution in [0.3, 0.4) is 0 Å². The third kappa shape index (κ3) is 11.0. The minimum atomic E-state index is -5.08. The number of halogens is 3. The lowest BCUT2D eigenvalue weighted by atomic mass is 10.1. The monoisotopic (exact) mass is 435 g/mol. The lowest BCUT2D eigenvalue weighted by Crippen LogP contribution is -2.50. The van der Waals surface area contributed by atoms with E-state index in [0.717, 1.165) is 5.56 Å². The van der Waals surface area contributed by atoms with E-state index in [1.165, 1.54) is 0 Å². The van der Waals surface area contributed by atoms with E-state index in [-0.39, 0.29) is 24.9 Å². The van der Waals surface area contributed by atoms with Crippen LogP contribution in [0.5, 0.6) is 0 Å². The lowest BCUT2D eigenvalue weighted by molar-refractivity contribution is -0.192. The molecule has 2 atom stereocenters. The average molecular weight is 435 g/mol. The molecule has 0 radical (unpaired) electrons. The Kier molecular flexibility index (Phi) is 11.1. The molecule has 9 nitrogen and oxygen atoms in total. The molecule has 1 aromatic carbocycles. The Labute approximate surface area is 170 Å². The smallest absolute Gasteiger partial charge is 0.475 e. The fourth-order valence-electron chi connectivity index (χ4n) is 1.77. The number of carboxylic acids is 1. The van der Waals surface area contributed by atoms with Gasteiger partial charge in [0.2, 0.25) is 11.8 Å². The number of benzene rings is 1. The maximum absolute atomic E-state index is 11.9. The van der Waals surface area contributed by atoms with Crippen molar-refractivity contribution in [2.45, 2.75) is 45.1 Å². The zero-order valence-corrected chi connectivity index (χ0v) is 16.3. The first-order valence-electron chi connectivity index (χ1n) is 8.61. The molecule has 0 spiro atoms. The van der Waals surface area contributed by atoms with Crippen LogP contribution in [0.4, 0.5) is 13.2 Å². The second kappa shape index (κ2) is 12.4. The molecule has 0 bridgehead atoms. The third-order valence-corrected chi connectivity index (χ3v) is 3.44. The molecule has 30 heavy (non-hydrogen) atoms. The van der Waals surface area contributed by atoms with Gasteiger partial charge in [0.1, 0.15) is 18.7 Å². The number of carbonyl (C=O) groups is 4. The Balaban J connectivity index is 0.00000103. The fraction of sp³-hybridized carbons (Fsp3) is 0.444. The predicted octanol–water partition coefficient (Wildman–Crippen LogP) is 0.707. The number of ether oxygens (including phenoxy) is 1. The normalized spacial score (nSPS) is 12.8. The van der Waals surface area contributed by atoms with Crippen LogP contribution in [0, 0.1) is 5.92 Å². The molecule has 0 aliphatic rings. The topological polar surface area (TPSA) is 162 Å². The summed E-state index contributed by atoms with van der Waals surface area (Å²) >= 11 is 0. The number of amides is 2. The second-order valence-corrected chi connectivity index (χ2v) is 6.36. The number of primary amides is 1. The second-order valence-electron chi connectivity index (χ2n) is 6.36. The van der Waals surface area contributed by atoms with Gasteiger partial charge in [0.05, 0.1) is 0 Å². The van der Waals surface area contributed by atoms with Crippen molar-refractivity contribution >= 4 is 23.8 Å². The molecule has 6 N–H and O–H groups in total. The maximum atomic E-state index is 11.9. The van der Waals surface area contributed by atoms with Crippen molar-refractivity contribution in [1.82, 2.24) is 5.32 Å². The number of nitrogens with one attached hydrogen (secondary N) is 1. The molecule has 0 saturated carbocycles. The van der Waals surface area contributed by atoms with Gasteiger partial charge in [-0.25, -0.2) is 4.79 Å². The van der Waals surface area contributed by atoms with E-state index in [9.17, 15) is 27.6 Å². The van der Waals surface area contributed by atoms with Gasteiger partial charge in [-0.1, -0.05) is 44.2 Å². The molecule has 0 saturated heterocycles. The molecule has 1 aromatic rings. The number of rotatable bonds is 8. The Bertz CT molecular complexity index is 726. The summed E-state index contributed by atoms with van der Waals surface area (Å²) < 4.78 is 36.8. The summed E-state index contributed by atoms with van der Waals surface area (Å²) in [6.45, 7) is 3.45. The van der Waals surface area contributed by atoms with Gasteiger partial charge >= 0.3 is 18.1 Å². The Morgan fingerprint density at radius 1 is 1.13 bits per heavy atom. The van der Waals surface area contributed by atoms with Gasteiger partial charge < -0.3 is 26.6 Å². The number of esters is 1. The third-order valence-electron chi connectivity index (χ3n) is 3.44. The highest BCUT2D eigenvalue weighted by atomic mass is 19.4. The van der Waals surface area contributed by atoms with Crippen molar-refractivity contribution in [2.24, 2.45) is 17.4 Å². The van der Waals surface area contributed by atoms with E-state index < -0.39 is 36.1 Å². The summed E-state index contributed by atoms with van der Waals surface area (Å²) in [5, 5.41) is 9.60. The van der Waals surface area contributed by atoms with Gasteiger partial charge in [0, 0.05) is 12.3 Å². The van der Waals surface area contributed by atoms with E-state index in [0.29, 0.717) is 0 Å². The first-order valence-corrected chi connectivity index (χ1v) is 8.61. The molecule has 0 aromatic heterocycles. The molecule has 168 valence electrons. The Morgan fingerprint density at radius 2 is 1.63 bits per heavy atom. The van der Waals surface area contributed by atoms with Crippen LogP contribution >= 0.6 is 0 Å². The molecule has 1 rings (SSSR count). The van der Waals surface area contributed by atoms with Crippen molar-refractivity contribution < 1.29 is 42.2 Å². The van der Waals surface area contributed by atoms with Gasteiger partial charge in [0.15, 0.2) is 0 Å². The van der Waals surface area contributed by atoms with Crippen molar-refractivity contribution in [2.75, 3.05) is 0 Å². The predicted molar refractivity (Wildman–Crippen MR) is 98.5 cm³/mol. The standard InChI is InChI=1S/C16H23N3O4.C2HF3O2/c1-10(2)15(21)19-13(14(18)20)8-12(17)16(22)23-9-11-6-4-3-5-7-11;3-2(4,5)1(6)7/h3-7,10,12-13H,8-9,17H2,1-2H3,(H2,18,20)(H,19,21);(H,6,7)/t12?,13-;/m1./s1. The number of carboxylic acid groups (broad SMARTS) is 1. The fourth-order valence-corrected chi connectivity index (χ4v) is 1.77. The van der Waals surface area contributed by atoms with Crippen LogP contribution in [0.2, 0.25) is 0 Å². The van der Waals surface area contributed by atoms with Gasteiger partial charge in [-0.05, 0) is 5.56 Å². The maximum Gasteiger partial charge on any atom is 0.490 e. The van der Waals surface area contributed by atoms with Crippen LogP contribution in [0.1, 0.15) is 25.8 Å². The first-order chi connectivity index (χ1) is 13.8. The van der Waals surface area contributed by atoms with E-state index in [4.69, 9.17) is 26.1 Å². The lowest BCUT2D eigenvalue weighted by Gasteiger charge is -2.20. The summed E-state index contributed by atoms with van der Waals surface area (Å²) in [5.74, 6) is -4.80. The van der Waals surface area contributed by atoms with Crippen LogP contribution in [-0.4, -0.2) is 47.1 Å². The Hall–Kier alpha value is -3.15. The summed E-state index contributed by atoms with van der Waals surface area (Å²) in [4.78, 5) is 43.8. The largest absolute Gasteiger partial charge is 0.490 e. The molecule has 12 heteroatoms. The Morgan fingerprint density at radius 3 is 2.03 bits per heavy atom. The summed E-state index contributed by atoms with van der Waals surface area (Å²) in [5.41, 5.74) is 11.8. The summed E-state index contributed by atoms with van der Waals surface area (Å²) in [6.07, 6.45) is -5.19.